The van der Waals surface area contributed by atoms with Gasteiger partial charge >= 0.3 is 12.1 Å². The molecule has 0 saturated carbocycles. The van der Waals surface area contributed by atoms with Gasteiger partial charge in [-0.1, -0.05) is 36.4 Å². The van der Waals surface area contributed by atoms with Crippen molar-refractivity contribution in [2.75, 3.05) is 13.3 Å². The Kier molecular flexibility index (Phi) is 5.79. The summed E-state index contributed by atoms with van der Waals surface area (Å²) < 4.78 is 31.4. The molecule has 3 aromatic rings. The zero-order valence-electron chi connectivity index (χ0n) is 18.3. The van der Waals surface area contributed by atoms with E-state index in [4.69, 9.17) is 14.2 Å². The number of rotatable bonds is 5. The molecule has 0 atom stereocenters. The standard InChI is InChI=1S/C26H22FNO6/c27-22-7-6-18(20-10-17(12-24(29)30)11-23-25(20)34-15-33-23)21-13-28(9-8-19(21)22)26(31)32-14-16-4-2-1-3-5-16/h1-7,10-11H,8-9,12-15H2,(H,29,30). The topological polar surface area (TPSA) is 85.3 Å². The van der Waals surface area contributed by atoms with E-state index in [0.29, 0.717) is 52.3 Å². The van der Waals surface area contributed by atoms with Gasteiger partial charge in [-0.05, 0) is 52.4 Å². The van der Waals surface area contributed by atoms with E-state index in [1.54, 1.807) is 23.1 Å². The van der Waals surface area contributed by atoms with Gasteiger partial charge in [0.25, 0.3) is 0 Å². The van der Waals surface area contributed by atoms with Crippen LogP contribution in [0.3, 0.4) is 0 Å². The van der Waals surface area contributed by atoms with Crippen molar-refractivity contribution in [2.45, 2.75) is 26.0 Å². The predicted molar refractivity (Wildman–Crippen MR) is 120 cm³/mol. The van der Waals surface area contributed by atoms with E-state index in [0.717, 1.165) is 5.56 Å². The summed E-state index contributed by atoms with van der Waals surface area (Å²) in [7, 11) is 0. The first kappa shape index (κ1) is 21.8. The molecule has 2 heterocycles. The first-order valence-corrected chi connectivity index (χ1v) is 10.9. The van der Waals surface area contributed by atoms with Gasteiger partial charge < -0.3 is 24.2 Å². The number of carbonyl (C=O) groups is 2. The Morgan fingerprint density at radius 1 is 1.00 bits per heavy atom. The van der Waals surface area contributed by atoms with Crippen molar-refractivity contribution in [1.82, 2.24) is 4.90 Å². The molecule has 5 rings (SSSR count). The number of carbonyl (C=O) groups excluding carboxylic acids is 1. The molecule has 34 heavy (non-hydrogen) atoms. The minimum Gasteiger partial charge on any atom is -0.481 e. The van der Waals surface area contributed by atoms with Crippen LogP contribution in [0.15, 0.2) is 54.6 Å². The molecule has 2 aliphatic rings. The van der Waals surface area contributed by atoms with Gasteiger partial charge in [-0.25, -0.2) is 9.18 Å². The third kappa shape index (κ3) is 4.26. The second-order valence-corrected chi connectivity index (χ2v) is 8.21. The lowest BCUT2D eigenvalue weighted by molar-refractivity contribution is -0.136. The molecule has 0 radical (unpaired) electrons. The molecule has 1 N–H and O–H groups in total. The lowest BCUT2D eigenvalue weighted by Crippen LogP contribution is -2.37. The van der Waals surface area contributed by atoms with Gasteiger partial charge in [-0.2, -0.15) is 0 Å². The minimum atomic E-state index is -0.974. The van der Waals surface area contributed by atoms with Crippen molar-refractivity contribution in [3.8, 4) is 22.6 Å². The lowest BCUT2D eigenvalue weighted by Gasteiger charge is -2.30. The summed E-state index contributed by atoms with van der Waals surface area (Å²) in [4.78, 5) is 25.6. The van der Waals surface area contributed by atoms with Gasteiger partial charge in [0.2, 0.25) is 6.79 Å². The Balaban J connectivity index is 1.47. The van der Waals surface area contributed by atoms with Gasteiger partial charge in [0.1, 0.15) is 12.4 Å². The van der Waals surface area contributed by atoms with Crippen molar-refractivity contribution in [3.63, 3.8) is 0 Å². The van der Waals surface area contributed by atoms with E-state index >= 15 is 0 Å². The fourth-order valence-corrected chi connectivity index (χ4v) is 4.39. The Hall–Kier alpha value is -4.07. The second kappa shape index (κ2) is 9.05. The highest BCUT2D eigenvalue weighted by molar-refractivity contribution is 5.81. The van der Waals surface area contributed by atoms with Crippen molar-refractivity contribution in [2.24, 2.45) is 0 Å². The maximum Gasteiger partial charge on any atom is 0.410 e. The molecule has 0 saturated heterocycles. The number of carboxylic acids is 1. The molecule has 0 fully saturated rings. The van der Waals surface area contributed by atoms with Crippen LogP contribution in [0.2, 0.25) is 0 Å². The van der Waals surface area contributed by atoms with Crippen LogP contribution in [-0.4, -0.2) is 35.4 Å². The van der Waals surface area contributed by atoms with Crippen LogP contribution in [0.4, 0.5) is 9.18 Å². The molecule has 3 aromatic carbocycles. The van der Waals surface area contributed by atoms with E-state index in [1.165, 1.54) is 6.07 Å². The fraction of sp³-hybridized carbons (Fsp3) is 0.231. The largest absolute Gasteiger partial charge is 0.481 e. The number of fused-ring (bicyclic) bond motifs is 2. The highest BCUT2D eigenvalue weighted by Crippen LogP contribution is 2.45. The molecule has 7 nitrogen and oxygen atoms in total. The summed E-state index contributed by atoms with van der Waals surface area (Å²) in [5.74, 6) is -0.390. The number of aliphatic carboxylic acids is 1. The van der Waals surface area contributed by atoms with Crippen LogP contribution in [0.5, 0.6) is 11.5 Å². The van der Waals surface area contributed by atoms with E-state index in [1.807, 2.05) is 30.3 Å². The summed E-state index contributed by atoms with van der Waals surface area (Å²) in [6, 6.07) is 15.8. The van der Waals surface area contributed by atoms with Gasteiger partial charge in [-0.15, -0.1) is 0 Å². The third-order valence-corrected chi connectivity index (χ3v) is 6.00. The summed E-state index contributed by atoms with van der Waals surface area (Å²) in [5, 5.41) is 9.25. The van der Waals surface area contributed by atoms with Crippen LogP contribution in [0.25, 0.3) is 11.1 Å². The van der Waals surface area contributed by atoms with Crippen LogP contribution >= 0.6 is 0 Å². The Morgan fingerprint density at radius 3 is 2.62 bits per heavy atom. The highest BCUT2D eigenvalue weighted by atomic mass is 19.1. The summed E-state index contributed by atoms with van der Waals surface area (Å²) >= 11 is 0. The SMILES string of the molecule is O=C(O)Cc1cc2c(c(-c3ccc(F)c4c3CN(C(=O)OCc3ccccc3)CC4)c1)OCO2. The normalized spacial score (nSPS) is 14.0. The third-order valence-electron chi connectivity index (χ3n) is 6.00. The van der Waals surface area contributed by atoms with Crippen molar-refractivity contribution < 1.29 is 33.3 Å². The van der Waals surface area contributed by atoms with E-state index in [2.05, 4.69) is 0 Å². The van der Waals surface area contributed by atoms with Crippen molar-refractivity contribution >= 4 is 12.1 Å². The van der Waals surface area contributed by atoms with Crippen molar-refractivity contribution in [1.29, 1.82) is 0 Å². The molecule has 0 bridgehead atoms. The number of carboxylic acid groups (broad SMARTS) is 1. The molecule has 0 aliphatic carbocycles. The average Bonchev–Trinajstić information content (AvgIpc) is 3.31. The van der Waals surface area contributed by atoms with Gasteiger partial charge in [0, 0.05) is 18.7 Å². The smallest absolute Gasteiger partial charge is 0.410 e. The molecule has 0 aromatic heterocycles. The average molecular weight is 463 g/mol. The first-order chi connectivity index (χ1) is 16.5. The summed E-state index contributed by atoms with van der Waals surface area (Å²) in [6.07, 6.45) is -0.330. The van der Waals surface area contributed by atoms with E-state index < -0.39 is 12.1 Å². The number of ether oxygens (including phenoxy) is 3. The minimum absolute atomic E-state index is 0.0141. The second-order valence-electron chi connectivity index (χ2n) is 8.21. The predicted octanol–water partition coefficient (Wildman–Crippen LogP) is 4.54. The quantitative estimate of drug-likeness (QED) is 0.598. The zero-order chi connectivity index (χ0) is 23.7. The molecule has 0 spiro atoms. The highest BCUT2D eigenvalue weighted by Gasteiger charge is 2.29. The maximum absolute atomic E-state index is 14.7. The number of halogens is 1. The maximum atomic E-state index is 14.7. The Bertz CT molecular complexity index is 1260. The number of hydrogen-bond acceptors (Lipinski definition) is 5. The zero-order valence-corrected chi connectivity index (χ0v) is 18.3. The Morgan fingerprint density at radius 2 is 1.82 bits per heavy atom. The first-order valence-electron chi connectivity index (χ1n) is 10.9. The molecule has 1 amide bonds. The molecule has 2 aliphatic heterocycles. The van der Waals surface area contributed by atoms with Gasteiger partial charge in [-0.3, -0.25) is 4.79 Å². The van der Waals surface area contributed by atoms with Crippen LogP contribution < -0.4 is 9.47 Å². The van der Waals surface area contributed by atoms with Crippen LogP contribution in [0.1, 0.15) is 22.3 Å². The number of hydrogen-bond donors (Lipinski definition) is 1. The molecular weight excluding hydrogens is 441 g/mol. The van der Waals surface area contributed by atoms with Crippen molar-refractivity contribution in [3.05, 3.63) is 82.7 Å². The number of nitrogens with zero attached hydrogens (tertiary/aromatic N) is 1. The lowest BCUT2D eigenvalue weighted by atomic mass is 9.89. The summed E-state index contributed by atoms with van der Waals surface area (Å²) in [6.45, 7) is 0.655. The monoisotopic (exact) mass is 463 g/mol. The molecule has 8 heteroatoms. The van der Waals surface area contributed by atoms with Crippen LogP contribution in [0, 0.1) is 5.82 Å². The van der Waals surface area contributed by atoms with Crippen LogP contribution in [-0.2, 0) is 35.5 Å². The number of benzene rings is 3. The van der Waals surface area contributed by atoms with Gasteiger partial charge in [0.15, 0.2) is 11.5 Å². The van der Waals surface area contributed by atoms with Gasteiger partial charge in [0.05, 0.1) is 6.42 Å². The Labute approximate surface area is 195 Å². The number of amides is 1. The molecule has 174 valence electrons. The molecular formula is C26H22FNO6. The fourth-order valence-electron chi connectivity index (χ4n) is 4.39. The van der Waals surface area contributed by atoms with E-state index in [9.17, 15) is 19.1 Å². The summed E-state index contributed by atoms with van der Waals surface area (Å²) in [5.41, 5.74) is 3.88. The van der Waals surface area contributed by atoms with E-state index in [-0.39, 0.29) is 32.2 Å². The molecule has 0 unspecified atom stereocenters.